The summed E-state index contributed by atoms with van der Waals surface area (Å²) < 4.78 is 15.4. The maximum atomic E-state index is 13.2. The average molecular weight is 419 g/mol. The number of benzene rings is 4. The summed E-state index contributed by atoms with van der Waals surface area (Å²) in [6.07, 6.45) is 4.10. The summed E-state index contributed by atoms with van der Waals surface area (Å²) in [6.45, 7) is 1.32. The highest BCUT2D eigenvalue weighted by atomic mass is 19.1. The highest BCUT2D eigenvalue weighted by molar-refractivity contribution is 6.01. The summed E-state index contributed by atoms with van der Waals surface area (Å²) in [5.74, 6) is -0.227. The Morgan fingerprint density at radius 3 is 2.19 bits per heavy atom. The van der Waals surface area contributed by atoms with Gasteiger partial charge in [-0.05, 0) is 46.5 Å². The van der Waals surface area contributed by atoms with E-state index >= 15 is 0 Å². The summed E-state index contributed by atoms with van der Waals surface area (Å²) in [6, 6.07) is 34.0. The largest absolute Gasteiger partial charge is 0.342 e. The van der Waals surface area contributed by atoms with Gasteiger partial charge in [-0.1, -0.05) is 78.9 Å². The molecule has 0 N–H and O–H groups in total. The maximum Gasteiger partial charge on any atom is 0.123 e. The molecule has 0 spiro atoms. The van der Waals surface area contributed by atoms with Crippen molar-refractivity contribution in [3.8, 4) is 11.1 Å². The molecule has 1 heterocycles. The van der Waals surface area contributed by atoms with E-state index in [9.17, 15) is 4.39 Å². The monoisotopic (exact) mass is 418 g/mol. The molecule has 0 atom stereocenters. The smallest absolute Gasteiger partial charge is 0.123 e. The van der Waals surface area contributed by atoms with Crippen molar-refractivity contribution in [2.75, 3.05) is 0 Å². The SMILES string of the molecule is Fc1ccc(CN=Cc2cn(Cc3ccccc3)c3ccc(-c4ccccc4)cc23)cc1. The fourth-order valence-electron chi connectivity index (χ4n) is 3.99. The molecule has 0 fully saturated rings. The van der Waals surface area contributed by atoms with Crippen molar-refractivity contribution in [1.82, 2.24) is 4.57 Å². The van der Waals surface area contributed by atoms with Crippen LogP contribution in [0.3, 0.4) is 0 Å². The quantitative estimate of drug-likeness (QED) is 0.261. The molecule has 5 aromatic rings. The number of aliphatic imine (C=N–C) groups is 1. The van der Waals surface area contributed by atoms with Crippen molar-refractivity contribution >= 4 is 17.1 Å². The van der Waals surface area contributed by atoms with Crippen molar-refractivity contribution < 1.29 is 4.39 Å². The zero-order valence-electron chi connectivity index (χ0n) is 17.7. The second-order valence-electron chi connectivity index (χ2n) is 7.89. The molecule has 0 unspecified atom stereocenters. The van der Waals surface area contributed by atoms with Gasteiger partial charge in [0.2, 0.25) is 0 Å². The molecule has 5 rings (SSSR count). The fraction of sp³-hybridized carbons (Fsp3) is 0.0690. The Kier molecular flexibility index (Phi) is 5.63. The Labute approximate surface area is 187 Å². The van der Waals surface area contributed by atoms with Crippen molar-refractivity contribution in [2.45, 2.75) is 13.1 Å². The summed E-state index contributed by atoms with van der Waals surface area (Å²) in [7, 11) is 0. The normalized spacial score (nSPS) is 11.4. The molecular formula is C29H23FN2. The van der Waals surface area contributed by atoms with Crippen LogP contribution in [-0.4, -0.2) is 10.8 Å². The van der Waals surface area contributed by atoms with Gasteiger partial charge in [0, 0.05) is 35.4 Å². The first kappa shape index (κ1) is 20.0. The van der Waals surface area contributed by atoms with E-state index in [0.717, 1.165) is 17.7 Å². The lowest BCUT2D eigenvalue weighted by Crippen LogP contribution is -1.97. The van der Waals surface area contributed by atoms with E-state index in [-0.39, 0.29) is 5.82 Å². The summed E-state index contributed by atoms with van der Waals surface area (Å²) in [5.41, 5.74) is 6.88. The Morgan fingerprint density at radius 1 is 0.719 bits per heavy atom. The van der Waals surface area contributed by atoms with Crippen LogP contribution in [0.4, 0.5) is 4.39 Å². The molecule has 0 amide bonds. The lowest BCUT2D eigenvalue weighted by Gasteiger charge is -2.07. The molecule has 3 heteroatoms. The number of nitrogens with zero attached hydrogens (tertiary/aromatic N) is 2. The molecule has 4 aromatic carbocycles. The Hall–Kier alpha value is -3.98. The first-order valence-electron chi connectivity index (χ1n) is 10.7. The summed E-state index contributed by atoms with van der Waals surface area (Å²) >= 11 is 0. The highest BCUT2D eigenvalue weighted by Crippen LogP contribution is 2.28. The van der Waals surface area contributed by atoms with Gasteiger partial charge in [0.05, 0.1) is 6.54 Å². The average Bonchev–Trinajstić information content (AvgIpc) is 3.18. The topological polar surface area (TPSA) is 17.3 Å². The number of hydrogen-bond acceptors (Lipinski definition) is 1. The Morgan fingerprint density at radius 2 is 1.44 bits per heavy atom. The number of fused-ring (bicyclic) bond motifs is 1. The third-order valence-electron chi connectivity index (χ3n) is 5.63. The zero-order chi connectivity index (χ0) is 21.8. The molecule has 2 nitrogen and oxygen atoms in total. The van der Waals surface area contributed by atoms with Crippen molar-refractivity contribution in [3.05, 3.63) is 132 Å². The maximum absolute atomic E-state index is 13.2. The van der Waals surface area contributed by atoms with Crippen molar-refractivity contribution in [3.63, 3.8) is 0 Å². The fourth-order valence-corrected chi connectivity index (χ4v) is 3.99. The molecule has 0 bridgehead atoms. The molecule has 0 radical (unpaired) electrons. The minimum atomic E-state index is -0.227. The van der Waals surface area contributed by atoms with E-state index in [1.165, 1.54) is 39.7 Å². The van der Waals surface area contributed by atoms with Crippen LogP contribution >= 0.6 is 0 Å². The van der Waals surface area contributed by atoms with Gasteiger partial charge in [-0.15, -0.1) is 0 Å². The molecule has 0 saturated heterocycles. The van der Waals surface area contributed by atoms with Gasteiger partial charge in [0.15, 0.2) is 0 Å². The van der Waals surface area contributed by atoms with Gasteiger partial charge >= 0.3 is 0 Å². The van der Waals surface area contributed by atoms with E-state index in [2.05, 4.69) is 82.5 Å². The number of aromatic nitrogens is 1. The first-order valence-corrected chi connectivity index (χ1v) is 10.7. The molecule has 0 aliphatic heterocycles. The molecule has 156 valence electrons. The third-order valence-corrected chi connectivity index (χ3v) is 5.63. The van der Waals surface area contributed by atoms with Crippen LogP contribution in [0.2, 0.25) is 0 Å². The van der Waals surface area contributed by atoms with E-state index in [0.29, 0.717) is 6.54 Å². The second kappa shape index (κ2) is 9.03. The van der Waals surface area contributed by atoms with Gasteiger partial charge in [0.25, 0.3) is 0 Å². The van der Waals surface area contributed by atoms with Gasteiger partial charge in [-0.3, -0.25) is 4.99 Å². The van der Waals surface area contributed by atoms with Gasteiger partial charge < -0.3 is 4.57 Å². The zero-order valence-corrected chi connectivity index (χ0v) is 17.7. The predicted octanol–water partition coefficient (Wildman–Crippen LogP) is 7.11. The highest BCUT2D eigenvalue weighted by Gasteiger charge is 2.10. The van der Waals surface area contributed by atoms with E-state index in [4.69, 9.17) is 0 Å². The second-order valence-corrected chi connectivity index (χ2v) is 7.89. The lowest BCUT2D eigenvalue weighted by molar-refractivity contribution is 0.627. The number of hydrogen-bond donors (Lipinski definition) is 0. The van der Waals surface area contributed by atoms with E-state index < -0.39 is 0 Å². The molecule has 0 aliphatic carbocycles. The van der Waals surface area contributed by atoms with Crippen molar-refractivity contribution in [2.24, 2.45) is 4.99 Å². The van der Waals surface area contributed by atoms with Gasteiger partial charge in [-0.2, -0.15) is 0 Å². The molecular weight excluding hydrogens is 395 g/mol. The predicted molar refractivity (Wildman–Crippen MR) is 131 cm³/mol. The minimum absolute atomic E-state index is 0.227. The van der Waals surface area contributed by atoms with E-state index in [1.807, 2.05) is 18.3 Å². The summed E-state index contributed by atoms with van der Waals surface area (Å²) in [5, 5.41) is 1.17. The molecule has 0 aliphatic rings. The molecule has 1 aromatic heterocycles. The van der Waals surface area contributed by atoms with Crippen LogP contribution in [0.25, 0.3) is 22.0 Å². The van der Waals surface area contributed by atoms with Crippen LogP contribution in [0.15, 0.2) is 114 Å². The Bertz CT molecular complexity index is 1350. The van der Waals surface area contributed by atoms with Crippen LogP contribution in [0.1, 0.15) is 16.7 Å². The van der Waals surface area contributed by atoms with Crippen LogP contribution in [0.5, 0.6) is 0 Å². The van der Waals surface area contributed by atoms with Crippen LogP contribution in [0, 0.1) is 5.82 Å². The first-order chi connectivity index (χ1) is 15.8. The Balaban J connectivity index is 1.52. The number of rotatable bonds is 6. The van der Waals surface area contributed by atoms with Crippen molar-refractivity contribution in [1.29, 1.82) is 0 Å². The van der Waals surface area contributed by atoms with Gasteiger partial charge in [-0.25, -0.2) is 4.39 Å². The standard InChI is InChI=1S/C29H23FN2/c30-27-14-11-22(12-15-27)18-31-19-26-21-32(20-23-7-3-1-4-8-23)29-16-13-25(17-28(26)29)24-9-5-2-6-10-24/h1-17,19,21H,18,20H2. The van der Waals surface area contributed by atoms with E-state index in [1.54, 1.807) is 12.1 Å². The van der Waals surface area contributed by atoms with Crippen LogP contribution in [-0.2, 0) is 13.1 Å². The summed E-state index contributed by atoms with van der Waals surface area (Å²) in [4.78, 5) is 4.65. The number of halogens is 1. The lowest BCUT2D eigenvalue weighted by atomic mass is 10.0. The third kappa shape index (κ3) is 4.37. The minimum Gasteiger partial charge on any atom is -0.342 e. The van der Waals surface area contributed by atoms with Crippen LogP contribution < -0.4 is 0 Å². The van der Waals surface area contributed by atoms with Gasteiger partial charge in [0.1, 0.15) is 5.82 Å². The molecule has 32 heavy (non-hydrogen) atoms. The molecule has 0 saturated carbocycles.